The molecule has 11 heteroatoms. The molecule has 2 aliphatic heterocycles. The monoisotopic (exact) mass is 395 g/mol. The first kappa shape index (κ1) is 22.8. The summed E-state index contributed by atoms with van der Waals surface area (Å²) in [5.74, 6) is 0. The lowest BCUT2D eigenvalue weighted by Gasteiger charge is -2.39. The van der Waals surface area contributed by atoms with E-state index in [1.807, 2.05) is 0 Å². The molecule has 2 fully saturated rings. The molecule has 10 atom stereocenters. The van der Waals surface area contributed by atoms with E-state index in [1.165, 1.54) is 0 Å². The molecular formula is C16H33N3O8. The summed E-state index contributed by atoms with van der Waals surface area (Å²) in [5.41, 5.74) is 0. The summed E-state index contributed by atoms with van der Waals surface area (Å²) >= 11 is 0. The van der Waals surface area contributed by atoms with Crippen LogP contribution in [0, 0.1) is 0 Å². The van der Waals surface area contributed by atoms with Gasteiger partial charge in [-0.3, -0.25) is 10.6 Å². The van der Waals surface area contributed by atoms with Crippen molar-refractivity contribution in [1.29, 1.82) is 0 Å². The fourth-order valence-corrected chi connectivity index (χ4v) is 3.17. The number of aliphatic hydroxyl groups is 6. The molecule has 0 aromatic heterocycles. The van der Waals surface area contributed by atoms with E-state index in [9.17, 15) is 30.6 Å². The summed E-state index contributed by atoms with van der Waals surface area (Å²) in [6, 6.07) is 0. The van der Waals surface area contributed by atoms with Crippen molar-refractivity contribution in [2.45, 2.75) is 75.1 Å². The second-order valence-electron chi connectivity index (χ2n) is 7.13. The summed E-state index contributed by atoms with van der Waals surface area (Å²) in [6.45, 7) is 5.26. The molecule has 0 radical (unpaired) electrons. The molecule has 0 aromatic carbocycles. The Bertz CT molecular complexity index is 410. The molecule has 0 saturated carbocycles. The molecule has 2 saturated heterocycles. The predicted octanol–water partition coefficient (Wildman–Crippen LogP) is -4.59. The lowest BCUT2D eigenvalue weighted by atomic mass is 9.99. The van der Waals surface area contributed by atoms with Crippen molar-refractivity contribution in [3.05, 3.63) is 0 Å². The minimum Gasteiger partial charge on any atom is -0.388 e. The third kappa shape index (κ3) is 5.78. The van der Waals surface area contributed by atoms with E-state index >= 15 is 0 Å². The van der Waals surface area contributed by atoms with Crippen LogP contribution in [0.15, 0.2) is 0 Å². The van der Waals surface area contributed by atoms with E-state index in [2.05, 4.69) is 16.0 Å². The van der Waals surface area contributed by atoms with E-state index in [0.717, 1.165) is 0 Å². The first-order valence-corrected chi connectivity index (χ1v) is 9.30. The largest absolute Gasteiger partial charge is 0.388 e. The van der Waals surface area contributed by atoms with E-state index < -0.39 is 61.3 Å². The third-order valence-electron chi connectivity index (χ3n) is 5.00. The Morgan fingerprint density at radius 2 is 0.926 bits per heavy atom. The van der Waals surface area contributed by atoms with Crippen LogP contribution in [-0.4, -0.2) is 118 Å². The third-order valence-corrected chi connectivity index (χ3v) is 5.00. The van der Waals surface area contributed by atoms with E-state index in [-0.39, 0.29) is 0 Å². The molecule has 11 nitrogen and oxygen atoms in total. The van der Waals surface area contributed by atoms with Crippen LogP contribution in [-0.2, 0) is 9.47 Å². The summed E-state index contributed by atoms with van der Waals surface area (Å²) in [7, 11) is 0. The molecular weight excluding hydrogens is 362 g/mol. The first-order chi connectivity index (χ1) is 12.7. The quantitative estimate of drug-likeness (QED) is 0.181. The fraction of sp³-hybridized carbons (Fsp3) is 1.00. The number of aliphatic hydroxyl groups excluding tert-OH is 6. The van der Waals surface area contributed by atoms with Gasteiger partial charge in [0, 0.05) is 26.2 Å². The van der Waals surface area contributed by atoms with Gasteiger partial charge in [-0.25, -0.2) is 0 Å². The van der Waals surface area contributed by atoms with Gasteiger partial charge in [0.2, 0.25) is 0 Å². The number of nitrogens with one attached hydrogen (secondary N) is 3. The number of ether oxygens (including phenoxy) is 2. The standard InChI is InChI=1S/C16H33N3O8/c1-7-9(20)11(22)13(24)15(26-7)18-5-3-17-4-6-19-16-14(25)12(23)10(21)8(2)27-16/h7-25H,3-6H2,1-2H3/t7-,8-,9+,10+,11+,12+,13-,14-,15-,16-/m1/s1. The zero-order chi connectivity index (χ0) is 20.1. The molecule has 2 rings (SSSR count). The van der Waals surface area contributed by atoms with Crippen molar-refractivity contribution < 1.29 is 40.1 Å². The Hall–Kier alpha value is -0.440. The Kier molecular flexibility index (Phi) is 8.77. The highest BCUT2D eigenvalue weighted by Gasteiger charge is 2.42. The van der Waals surface area contributed by atoms with Gasteiger partial charge >= 0.3 is 0 Å². The molecule has 0 aliphatic carbocycles. The van der Waals surface area contributed by atoms with Crippen molar-refractivity contribution in [3.63, 3.8) is 0 Å². The molecule has 2 aliphatic rings. The molecule has 0 bridgehead atoms. The maximum atomic E-state index is 9.89. The van der Waals surface area contributed by atoms with Crippen molar-refractivity contribution in [1.82, 2.24) is 16.0 Å². The molecule has 9 N–H and O–H groups in total. The molecule has 0 spiro atoms. The van der Waals surface area contributed by atoms with Crippen LogP contribution in [0.4, 0.5) is 0 Å². The molecule has 0 unspecified atom stereocenters. The van der Waals surface area contributed by atoms with Crippen molar-refractivity contribution in [2.24, 2.45) is 0 Å². The van der Waals surface area contributed by atoms with Crippen molar-refractivity contribution in [3.8, 4) is 0 Å². The van der Waals surface area contributed by atoms with Gasteiger partial charge in [-0.2, -0.15) is 0 Å². The highest BCUT2D eigenvalue weighted by Crippen LogP contribution is 2.20. The normalized spacial score (nSPS) is 45.8. The van der Waals surface area contributed by atoms with Crippen LogP contribution in [0.1, 0.15) is 13.8 Å². The first-order valence-electron chi connectivity index (χ1n) is 9.30. The molecule has 160 valence electrons. The van der Waals surface area contributed by atoms with Crippen LogP contribution >= 0.6 is 0 Å². The topological polar surface area (TPSA) is 176 Å². The Balaban J connectivity index is 1.57. The Morgan fingerprint density at radius 3 is 1.30 bits per heavy atom. The summed E-state index contributed by atoms with van der Waals surface area (Å²) in [5, 5.41) is 67.6. The number of hydrogen-bond acceptors (Lipinski definition) is 11. The van der Waals surface area contributed by atoms with E-state index in [0.29, 0.717) is 26.2 Å². The van der Waals surface area contributed by atoms with Gasteiger partial charge in [0.1, 0.15) is 49.1 Å². The maximum Gasteiger partial charge on any atom is 0.137 e. The highest BCUT2D eigenvalue weighted by molar-refractivity contribution is 4.90. The Labute approximate surface area is 158 Å². The van der Waals surface area contributed by atoms with E-state index in [4.69, 9.17) is 9.47 Å². The van der Waals surface area contributed by atoms with Gasteiger partial charge in [0.15, 0.2) is 0 Å². The molecule has 0 amide bonds. The second kappa shape index (κ2) is 10.4. The summed E-state index contributed by atoms with van der Waals surface area (Å²) < 4.78 is 10.9. The van der Waals surface area contributed by atoms with Crippen LogP contribution in [0.2, 0.25) is 0 Å². The maximum absolute atomic E-state index is 9.89. The van der Waals surface area contributed by atoms with Gasteiger partial charge in [0.25, 0.3) is 0 Å². The van der Waals surface area contributed by atoms with Crippen molar-refractivity contribution in [2.75, 3.05) is 26.2 Å². The number of rotatable bonds is 8. The zero-order valence-corrected chi connectivity index (χ0v) is 15.6. The summed E-state index contributed by atoms with van der Waals surface area (Å²) in [4.78, 5) is 0. The predicted molar refractivity (Wildman–Crippen MR) is 93.6 cm³/mol. The minimum atomic E-state index is -1.26. The van der Waals surface area contributed by atoms with Gasteiger partial charge in [0.05, 0.1) is 12.2 Å². The SMILES string of the molecule is C[C@H]1O[C@@H](NCCNCCN[C@@H]2O[C@H](C)[C@H](O)[C@H](O)[C@H]2O)[C@H](O)[C@@H](O)[C@H]1O. The fourth-order valence-electron chi connectivity index (χ4n) is 3.17. The lowest BCUT2D eigenvalue weighted by molar-refractivity contribution is -0.224. The molecule has 27 heavy (non-hydrogen) atoms. The van der Waals surface area contributed by atoms with Crippen LogP contribution in [0.3, 0.4) is 0 Å². The zero-order valence-electron chi connectivity index (χ0n) is 15.6. The van der Waals surface area contributed by atoms with Crippen LogP contribution in [0.25, 0.3) is 0 Å². The van der Waals surface area contributed by atoms with Gasteiger partial charge in [-0.05, 0) is 13.8 Å². The van der Waals surface area contributed by atoms with Crippen LogP contribution in [0.5, 0.6) is 0 Å². The number of hydrogen-bond donors (Lipinski definition) is 9. The van der Waals surface area contributed by atoms with Crippen molar-refractivity contribution >= 4 is 0 Å². The second-order valence-corrected chi connectivity index (χ2v) is 7.13. The average Bonchev–Trinajstić information content (AvgIpc) is 2.65. The molecule has 2 heterocycles. The summed E-state index contributed by atoms with van der Waals surface area (Å²) in [6.07, 6.45) is -9.91. The van der Waals surface area contributed by atoms with Gasteiger partial charge in [-0.15, -0.1) is 0 Å². The van der Waals surface area contributed by atoms with Crippen LogP contribution < -0.4 is 16.0 Å². The van der Waals surface area contributed by atoms with E-state index in [1.54, 1.807) is 13.8 Å². The van der Waals surface area contributed by atoms with Gasteiger partial charge < -0.3 is 45.4 Å². The lowest BCUT2D eigenvalue weighted by Crippen LogP contribution is -2.61. The molecule has 0 aromatic rings. The smallest absolute Gasteiger partial charge is 0.137 e. The minimum absolute atomic E-state index is 0.460. The average molecular weight is 395 g/mol. The Morgan fingerprint density at radius 1 is 0.556 bits per heavy atom. The highest BCUT2D eigenvalue weighted by atomic mass is 16.6. The van der Waals surface area contributed by atoms with Gasteiger partial charge in [-0.1, -0.05) is 0 Å².